The van der Waals surface area contributed by atoms with Crippen LogP contribution in [0.5, 0.6) is 0 Å². The fraction of sp³-hybridized carbons (Fsp3) is 0.200. The van der Waals surface area contributed by atoms with Gasteiger partial charge in [-0.25, -0.2) is 13.4 Å². The summed E-state index contributed by atoms with van der Waals surface area (Å²) < 4.78 is 27.4. The average molecular weight is 467 g/mol. The Morgan fingerprint density at radius 1 is 1.20 bits per heavy atom. The molecule has 158 valence electrons. The summed E-state index contributed by atoms with van der Waals surface area (Å²) in [7, 11) is -3.75. The fourth-order valence-electron chi connectivity index (χ4n) is 2.97. The number of para-hydroxylation sites is 1. The van der Waals surface area contributed by atoms with Crippen LogP contribution in [0.25, 0.3) is 5.69 Å². The fourth-order valence-corrected chi connectivity index (χ4v) is 4.40. The lowest BCUT2D eigenvalue weighted by Crippen LogP contribution is -2.40. The molecule has 0 aliphatic heterocycles. The number of hydrogen-bond donors (Lipinski definition) is 1. The number of halogens is 2. The molecular formula is C20H20Cl2N4O3S. The van der Waals surface area contributed by atoms with Gasteiger partial charge in [0.05, 0.1) is 22.7 Å². The molecule has 0 saturated carbocycles. The highest BCUT2D eigenvalue weighted by atomic mass is 35.5. The Balaban J connectivity index is 1.77. The standard InChI is InChI=1S/C20H20Cl2N4O3S/c1-14-23-9-10-25(14)18-6-4-3-5-15(18)12-24-20(27)13-26(30(2,28)29)19-8-7-16(21)11-17(19)22/h3-11H,12-13H2,1-2H3,(H,24,27). The predicted molar refractivity (Wildman–Crippen MR) is 119 cm³/mol. The molecule has 0 bridgehead atoms. The second-order valence-corrected chi connectivity index (χ2v) is 9.37. The first-order chi connectivity index (χ1) is 14.2. The van der Waals surface area contributed by atoms with Crippen LogP contribution < -0.4 is 9.62 Å². The van der Waals surface area contributed by atoms with Crippen molar-refractivity contribution in [2.24, 2.45) is 0 Å². The minimum absolute atomic E-state index is 0.140. The molecular weight excluding hydrogens is 447 g/mol. The molecule has 3 rings (SSSR count). The first-order valence-corrected chi connectivity index (χ1v) is 11.5. The quantitative estimate of drug-likeness (QED) is 0.576. The Kier molecular flexibility index (Phi) is 6.70. The van der Waals surface area contributed by atoms with E-state index in [9.17, 15) is 13.2 Å². The van der Waals surface area contributed by atoms with Gasteiger partial charge in [-0.1, -0.05) is 41.4 Å². The van der Waals surface area contributed by atoms with Crippen molar-refractivity contribution in [2.45, 2.75) is 13.5 Å². The lowest BCUT2D eigenvalue weighted by molar-refractivity contribution is -0.119. The topological polar surface area (TPSA) is 84.3 Å². The molecule has 0 aliphatic rings. The Labute approximate surface area is 185 Å². The Bertz CT molecular complexity index is 1180. The second-order valence-electron chi connectivity index (χ2n) is 6.62. The van der Waals surface area contributed by atoms with E-state index in [-0.39, 0.29) is 17.3 Å². The van der Waals surface area contributed by atoms with Gasteiger partial charge in [-0.15, -0.1) is 0 Å². The third kappa shape index (κ3) is 5.13. The van der Waals surface area contributed by atoms with E-state index in [1.54, 1.807) is 6.20 Å². The molecule has 1 heterocycles. The van der Waals surface area contributed by atoms with Gasteiger partial charge in [-0.3, -0.25) is 9.10 Å². The van der Waals surface area contributed by atoms with Gasteiger partial charge < -0.3 is 9.88 Å². The van der Waals surface area contributed by atoms with Crippen molar-refractivity contribution in [1.29, 1.82) is 0 Å². The van der Waals surface area contributed by atoms with Gasteiger partial charge in [0.15, 0.2) is 0 Å². The summed E-state index contributed by atoms with van der Waals surface area (Å²) >= 11 is 12.0. The highest BCUT2D eigenvalue weighted by Gasteiger charge is 2.23. The molecule has 1 aromatic heterocycles. The molecule has 30 heavy (non-hydrogen) atoms. The number of imidazole rings is 1. The molecule has 0 spiro atoms. The van der Waals surface area contributed by atoms with Crippen LogP contribution in [0.15, 0.2) is 54.9 Å². The number of amides is 1. The molecule has 7 nitrogen and oxygen atoms in total. The maximum absolute atomic E-state index is 12.6. The molecule has 0 atom stereocenters. The Hall–Kier alpha value is -2.55. The second kappa shape index (κ2) is 9.07. The maximum atomic E-state index is 12.6. The summed E-state index contributed by atoms with van der Waals surface area (Å²) in [6.07, 6.45) is 4.55. The van der Waals surface area contributed by atoms with Crippen LogP contribution in [0, 0.1) is 6.92 Å². The number of sulfonamides is 1. The zero-order valence-corrected chi connectivity index (χ0v) is 18.7. The van der Waals surface area contributed by atoms with Gasteiger partial charge >= 0.3 is 0 Å². The number of benzene rings is 2. The molecule has 10 heteroatoms. The Morgan fingerprint density at radius 3 is 2.57 bits per heavy atom. The third-order valence-corrected chi connectivity index (χ3v) is 6.08. The summed E-state index contributed by atoms with van der Waals surface area (Å²) in [6, 6.07) is 12.0. The van der Waals surface area contributed by atoms with Crippen molar-refractivity contribution in [3.8, 4) is 5.69 Å². The molecule has 1 amide bonds. The van der Waals surface area contributed by atoms with E-state index in [2.05, 4.69) is 10.3 Å². The van der Waals surface area contributed by atoms with Crippen molar-refractivity contribution < 1.29 is 13.2 Å². The van der Waals surface area contributed by atoms with Crippen molar-refractivity contribution >= 4 is 44.8 Å². The highest BCUT2D eigenvalue weighted by Crippen LogP contribution is 2.30. The van der Waals surface area contributed by atoms with E-state index in [1.807, 2.05) is 42.0 Å². The van der Waals surface area contributed by atoms with Crippen molar-refractivity contribution in [1.82, 2.24) is 14.9 Å². The summed E-state index contributed by atoms with van der Waals surface area (Å²) in [5, 5.41) is 3.28. The Morgan fingerprint density at radius 2 is 1.93 bits per heavy atom. The number of nitrogens with one attached hydrogen (secondary N) is 1. The van der Waals surface area contributed by atoms with E-state index in [0.29, 0.717) is 5.02 Å². The van der Waals surface area contributed by atoms with E-state index in [0.717, 1.165) is 27.6 Å². The van der Waals surface area contributed by atoms with Gasteiger partial charge in [0.2, 0.25) is 15.9 Å². The number of anilines is 1. The number of carbonyl (C=O) groups excluding carboxylic acids is 1. The van der Waals surface area contributed by atoms with Gasteiger partial charge in [-0.05, 0) is 36.8 Å². The van der Waals surface area contributed by atoms with Gasteiger partial charge in [0, 0.05) is 24.0 Å². The van der Waals surface area contributed by atoms with Crippen LogP contribution in [0.1, 0.15) is 11.4 Å². The molecule has 0 radical (unpaired) electrons. The molecule has 3 aromatic rings. The largest absolute Gasteiger partial charge is 0.350 e. The van der Waals surface area contributed by atoms with Crippen LogP contribution in [0.4, 0.5) is 5.69 Å². The summed E-state index contributed by atoms with van der Waals surface area (Å²) in [4.78, 5) is 16.8. The van der Waals surface area contributed by atoms with Crippen LogP contribution in [-0.4, -0.2) is 36.7 Å². The van der Waals surface area contributed by atoms with Crippen molar-refractivity contribution in [3.05, 3.63) is 76.3 Å². The molecule has 0 saturated heterocycles. The van der Waals surface area contributed by atoms with Gasteiger partial charge in [0.1, 0.15) is 12.4 Å². The summed E-state index contributed by atoms with van der Waals surface area (Å²) in [6.45, 7) is 1.69. The molecule has 0 fully saturated rings. The van der Waals surface area contributed by atoms with Gasteiger partial charge in [-0.2, -0.15) is 0 Å². The molecule has 0 unspecified atom stereocenters. The van der Waals surface area contributed by atoms with Gasteiger partial charge in [0.25, 0.3) is 0 Å². The van der Waals surface area contributed by atoms with E-state index in [4.69, 9.17) is 23.2 Å². The van der Waals surface area contributed by atoms with E-state index >= 15 is 0 Å². The first kappa shape index (κ1) is 22.1. The van der Waals surface area contributed by atoms with E-state index in [1.165, 1.54) is 18.2 Å². The summed E-state index contributed by atoms with van der Waals surface area (Å²) in [5.74, 6) is 0.345. The number of nitrogens with zero attached hydrogens (tertiary/aromatic N) is 3. The number of rotatable bonds is 7. The average Bonchev–Trinajstić information content (AvgIpc) is 3.10. The number of aryl methyl sites for hydroxylation is 1. The molecule has 2 aromatic carbocycles. The summed E-state index contributed by atoms with van der Waals surface area (Å²) in [5.41, 5.74) is 1.93. The minimum atomic E-state index is -3.75. The van der Waals surface area contributed by atoms with E-state index < -0.39 is 22.5 Å². The molecule has 1 N–H and O–H groups in total. The number of aromatic nitrogens is 2. The van der Waals surface area contributed by atoms with Crippen LogP contribution in [0.2, 0.25) is 10.0 Å². The van der Waals surface area contributed by atoms with Crippen LogP contribution >= 0.6 is 23.2 Å². The number of hydrogen-bond acceptors (Lipinski definition) is 4. The first-order valence-electron chi connectivity index (χ1n) is 8.94. The lowest BCUT2D eigenvalue weighted by Gasteiger charge is -2.23. The lowest BCUT2D eigenvalue weighted by atomic mass is 10.1. The van der Waals surface area contributed by atoms with Crippen LogP contribution in [0.3, 0.4) is 0 Å². The highest BCUT2D eigenvalue weighted by molar-refractivity contribution is 7.92. The maximum Gasteiger partial charge on any atom is 0.241 e. The zero-order valence-electron chi connectivity index (χ0n) is 16.3. The predicted octanol–water partition coefficient (Wildman–Crippen LogP) is 3.57. The monoisotopic (exact) mass is 466 g/mol. The smallest absolute Gasteiger partial charge is 0.241 e. The molecule has 0 aliphatic carbocycles. The normalized spacial score (nSPS) is 11.3. The zero-order chi connectivity index (χ0) is 21.9. The minimum Gasteiger partial charge on any atom is -0.350 e. The van der Waals surface area contributed by atoms with Crippen molar-refractivity contribution in [3.63, 3.8) is 0 Å². The number of carbonyl (C=O) groups is 1. The SMILES string of the molecule is Cc1nccn1-c1ccccc1CNC(=O)CN(c1ccc(Cl)cc1Cl)S(C)(=O)=O. The van der Waals surface area contributed by atoms with Crippen molar-refractivity contribution in [2.75, 3.05) is 17.1 Å². The van der Waals surface area contributed by atoms with Crippen LogP contribution in [-0.2, 0) is 21.4 Å². The third-order valence-electron chi connectivity index (χ3n) is 4.42.